The zero-order valence-electron chi connectivity index (χ0n) is 12.5. The molecule has 0 atom stereocenters. The smallest absolute Gasteiger partial charge is 0.305 e. The highest BCUT2D eigenvalue weighted by molar-refractivity contribution is 5.69. The third-order valence-corrected chi connectivity index (χ3v) is 4.14. The molecule has 1 fully saturated rings. The van der Waals surface area contributed by atoms with Gasteiger partial charge in [-0.3, -0.25) is 4.79 Å². The predicted molar refractivity (Wildman–Crippen MR) is 79.8 cm³/mol. The predicted octanol–water partition coefficient (Wildman–Crippen LogP) is 5.06. The van der Waals surface area contributed by atoms with Crippen molar-refractivity contribution in [3.8, 4) is 0 Å². The second-order valence-corrected chi connectivity index (χ2v) is 5.88. The van der Waals surface area contributed by atoms with Crippen molar-refractivity contribution in [2.75, 3.05) is 6.61 Å². The molecule has 1 saturated carbocycles. The van der Waals surface area contributed by atoms with Crippen LogP contribution in [0.4, 0.5) is 0 Å². The fraction of sp³-hybridized carbons (Fsp3) is 0.882. The van der Waals surface area contributed by atoms with Gasteiger partial charge in [0.25, 0.3) is 0 Å². The first-order valence-corrected chi connectivity index (χ1v) is 8.28. The van der Waals surface area contributed by atoms with E-state index in [9.17, 15) is 4.79 Å². The third kappa shape index (κ3) is 9.07. The largest absolute Gasteiger partial charge is 0.466 e. The van der Waals surface area contributed by atoms with Crippen molar-refractivity contribution in [3.05, 3.63) is 6.92 Å². The molecule has 19 heavy (non-hydrogen) atoms. The van der Waals surface area contributed by atoms with E-state index in [1.807, 2.05) is 0 Å². The first-order chi connectivity index (χ1) is 9.33. The molecule has 2 nitrogen and oxygen atoms in total. The molecule has 0 N–H and O–H groups in total. The molecular weight excluding hydrogens is 236 g/mol. The molecule has 0 spiro atoms. The number of rotatable bonds is 9. The molecule has 2 heteroatoms. The quantitative estimate of drug-likeness (QED) is 0.331. The Kier molecular flexibility index (Phi) is 9.84. The van der Waals surface area contributed by atoms with Crippen molar-refractivity contribution in [1.82, 2.24) is 0 Å². The summed E-state index contributed by atoms with van der Waals surface area (Å²) in [6.45, 7) is 4.46. The fourth-order valence-electron chi connectivity index (χ4n) is 2.86. The van der Waals surface area contributed by atoms with Gasteiger partial charge in [0.05, 0.1) is 6.61 Å². The molecule has 0 bridgehead atoms. The van der Waals surface area contributed by atoms with Crippen molar-refractivity contribution in [3.63, 3.8) is 0 Å². The summed E-state index contributed by atoms with van der Waals surface area (Å²) in [5, 5.41) is 0. The SMILES string of the molecule is [CH2]CCCCCCC(=O)OCCC1CCCCCC1. The molecule has 0 aromatic heterocycles. The maximum Gasteiger partial charge on any atom is 0.305 e. The maximum atomic E-state index is 11.6. The standard InChI is InChI=1S/C17H31O2/c1-2-3-4-5-10-13-17(18)19-15-14-16-11-8-6-7-9-12-16/h16H,1-15H2. The summed E-state index contributed by atoms with van der Waals surface area (Å²) < 4.78 is 5.34. The van der Waals surface area contributed by atoms with Crippen molar-refractivity contribution in [1.29, 1.82) is 0 Å². The Labute approximate surface area is 119 Å². The topological polar surface area (TPSA) is 26.3 Å². The van der Waals surface area contributed by atoms with Crippen LogP contribution in [0, 0.1) is 12.8 Å². The average molecular weight is 267 g/mol. The zero-order valence-corrected chi connectivity index (χ0v) is 12.5. The second kappa shape index (κ2) is 11.3. The number of carbonyl (C=O) groups is 1. The molecule has 0 unspecified atom stereocenters. The van der Waals surface area contributed by atoms with Crippen LogP contribution in [0.5, 0.6) is 0 Å². The number of ether oxygens (including phenoxy) is 1. The number of carbonyl (C=O) groups excluding carboxylic acids is 1. The van der Waals surface area contributed by atoms with Crippen molar-refractivity contribution in [2.24, 2.45) is 5.92 Å². The molecule has 0 aliphatic heterocycles. The molecule has 1 aliphatic rings. The van der Waals surface area contributed by atoms with Gasteiger partial charge in [0, 0.05) is 6.42 Å². The van der Waals surface area contributed by atoms with Gasteiger partial charge in [0.1, 0.15) is 0 Å². The van der Waals surface area contributed by atoms with E-state index >= 15 is 0 Å². The first kappa shape index (κ1) is 16.5. The minimum atomic E-state index is 0.00301. The minimum Gasteiger partial charge on any atom is -0.466 e. The van der Waals surface area contributed by atoms with Crippen LogP contribution in [-0.2, 0) is 9.53 Å². The van der Waals surface area contributed by atoms with Gasteiger partial charge in [-0.2, -0.15) is 0 Å². The van der Waals surface area contributed by atoms with Crippen LogP contribution >= 0.6 is 0 Å². The average Bonchev–Trinajstić information content (AvgIpc) is 2.67. The molecule has 1 aliphatic carbocycles. The molecule has 0 saturated heterocycles. The molecule has 0 aromatic carbocycles. The highest BCUT2D eigenvalue weighted by Gasteiger charge is 2.12. The van der Waals surface area contributed by atoms with Crippen LogP contribution < -0.4 is 0 Å². The highest BCUT2D eigenvalue weighted by Crippen LogP contribution is 2.25. The van der Waals surface area contributed by atoms with Gasteiger partial charge in [-0.25, -0.2) is 0 Å². The molecule has 111 valence electrons. The summed E-state index contributed by atoms with van der Waals surface area (Å²) in [6.07, 6.45) is 15.3. The zero-order chi connectivity index (χ0) is 13.8. The lowest BCUT2D eigenvalue weighted by Crippen LogP contribution is -2.09. The summed E-state index contributed by atoms with van der Waals surface area (Å²) in [6, 6.07) is 0. The molecule has 1 radical (unpaired) electrons. The minimum absolute atomic E-state index is 0.00301. The fourth-order valence-corrected chi connectivity index (χ4v) is 2.86. The van der Waals surface area contributed by atoms with E-state index in [4.69, 9.17) is 4.74 Å². The van der Waals surface area contributed by atoms with Gasteiger partial charge in [0.2, 0.25) is 0 Å². The maximum absolute atomic E-state index is 11.6. The van der Waals surface area contributed by atoms with Crippen LogP contribution in [0.3, 0.4) is 0 Å². The van der Waals surface area contributed by atoms with Crippen molar-refractivity contribution < 1.29 is 9.53 Å². The van der Waals surface area contributed by atoms with Gasteiger partial charge in [0.15, 0.2) is 0 Å². The van der Waals surface area contributed by atoms with Crippen molar-refractivity contribution >= 4 is 5.97 Å². The van der Waals surface area contributed by atoms with Crippen LogP contribution in [0.2, 0.25) is 0 Å². The van der Waals surface area contributed by atoms with Crippen molar-refractivity contribution in [2.45, 2.75) is 83.5 Å². The molecular formula is C17H31O2. The lowest BCUT2D eigenvalue weighted by atomic mass is 9.97. The number of hydrogen-bond acceptors (Lipinski definition) is 2. The van der Waals surface area contributed by atoms with Gasteiger partial charge in [-0.1, -0.05) is 71.1 Å². The van der Waals surface area contributed by atoms with Gasteiger partial charge in [-0.05, 0) is 18.8 Å². The summed E-state index contributed by atoms with van der Waals surface area (Å²) in [5.41, 5.74) is 0. The van der Waals surface area contributed by atoms with E-state index in [-0.39, 0.29) is 5.97 Å². The first-order valence-electron chi connectivity index (χ1n) is 8.28. The Bertz CT molecular complexity index is 217. The highest BCUT2D eigenvalue weighted by atomic mass is 16.5. The third-order valence-electron chi connectivity index (χ3n) is 4.14. The van der Waals surface area contributed by atoms with E-state index in [1.54, 1.807) is 0 Å². The monoisotopic (exact) mass is 267 g/mol. The number of unbranched alkanes of at least 4 members (excludes halogenated alkanes) is 4. The van der Waals surface area contributed by atoms with Gasteiger partial charge >= 0.3 is 5.97 Å². The Morgan fingerprint density at radius 1 is 1.00 bits per heavy atom. The molecule has 1 rings (SSSR count). The van der Waals surface area contributed by atoms with Crippen LogP contribution in [-0.4, -0.2) is 12.6 Å². The van der Waals surface area contributed by atoms with E-state index in [0.29, 0.717) is 13.0 Å². The summed E-state index contributed by atoms with van der Waals surface area (Å²) >= 11 is 0. The Hall–Kier alpha value is -0.530. The van der Waals surface area contributed by atoms with E-state index in [0.717, 1.165) is 31.6 Å². The van der Waals surface area contributed by atoms with Gasteiger partial charge < -0.3 is 4.74 Å². The summed E-state index contributed by atoms with van der Waals surface area (Å²) in [4.78, 5) is 11.6. The molecule has 0 heterocycles. The Morgan fingerprint density at radius 2 is 1.68 bits per heavy atom. The van der Waals surface area contributed by atoms with E-state index in [1.165, 1.54) is 51.4 Å². The Balaban J connectivity index is 1.94. The van der Waals surface area contributed by atoms with Crippen LogP contribution in [0.15, 0.2) is 0 Å². The molecule has 0 aromatic rings. The van der Waals surface area contributed by atoms with E-state index < -0.39 is 0 Å². The Morgan fingerprint density at radius 3 is 2.37 bits per heavy atom. The van der Waals surface area contributed by atoms with Gasteiger partial charge in [-0.15, -0.1) is 0 Å². The van der Waals surface area contributed by atoms with Crippen LogP contribution in [0.25, 0.3) is 0 Å². The van der Waals surface area contributed by atoms with Crippen LogP contribution in [0.1, 0.15) is 83.5 Å². The normalized spacial score (nSPS) is 17.1. The number of hydrogen-bond donors (Lipinski definition) is 0. The molecule has 0 amide bonds. The summed E-state index contributed by atoms with van der Waals surface area (Å²) in [7, 11) is 0. The van der Waals surface area contributed by atoms with E-state index in [2.05, 4.69) is 6.92 Å². The summed E-state index contributed by atoms with van der Waals surface area (Å²) in [5.74, 6) is 0.801. The lowest BCUT2D eigenvalue weighted by molar-refractivity contribution is -0.144. The lowest BCUT2D eigenvalue weighted by Gasteiger charge is -2.13. The number of esters is 1. The second-order valence-electron chi connectivity index (χ2n) is 5.88.